The van der Waals surface area contributed by atoms with Crippen LogP contribution >= 0.6 is 11.3 Å². The summed E-state index contributed by atoms with van der Waals surface area (Å²) in [6.07, 6.45) is 1.47. The van der Waals surface area contributed by atoms with E-state index >= 15 is 0 Å². The molecule has 1 aliphatic rings. The van der Waals surface area contributed by atoms with Crippen molar-refractivity contribution in [3.63, 3.8) is 0 Å². The number of nitrogens with zero attached hydrogens (tertiary/aromatic N) is 4. The van der Waals surface area contributed by atoms with Crippen molar-refractivity contribution in [2.45, 2.75) is 33.6 Å². The number of rotatable bonds is 5. The maximum Gasteiger partial charge on any atom is 0.350 e. The summed E-state index contributed by atoms with van der Waals surface area (Å²) >= 11 is 1.15. The number of hydrogen-bond acceptors (Lipinski definition) is 8. The van der Waals surface area contributed by atoms with Crippen LogP contribution in [0, 0.1) is 19.8 Å². The van der Waals surface area contributed by atoms with E-state index in [2.05, 4.69) is 25.4 Å². The molecule has 0 radical (unpaired) electrons. The van der Waals surface area contributed by atoms with E-state index in [4.69, 9.17) is 4.74 Å². The fourth-order valence-electron chi connectivity index (χ4n) is 2.97. The third kappa shape index (κ3) is 4.60. The van der Waals surface area contributed by atoms with Gasteiger partial charge in [0.25, 0.3) is 0 Å². The normalized spacial score (nSPS) is 14.9. The molecule has 1 fully saturated rings. The second kappa shape index (κ2) is 8.43. The zero-order chi connectivity index (χ0) is 19.4. The minimum Gasteiger partial charge on any atom is -0.462 e. The smallest absolute Gasteiger partial charge is 0.350 e. The van der Waals surface area contributed by atoms with E-state index in [-0.39, 0.29) is 11.8 Å². The Labute approximate surface area is 162 Å². The summed E-state index contributed by atoms with van der Waals surface area (Å²) in [6.45, 7) is 7.20. The molecule has 0 spiro atoms. The fraction of sp³-hybridized carbons (Fsp3) is 0.500. The molecule has 0 saturated carbocycles. The lowest BCUT2D eigenvalue weighted by molar-refractivity contribution is -0.120. The Morgan fingerprint density at radius 1 is 1.26 bits per heavy atom. The fourth-order valence-corrected chi connectivity index (χ4v) is 3.84. The number of aromatic nitrogens is 3. The number of aryl methyl sites for hydroxylation is 2. The summed E-state index contributed by atoms with van der Waals surface area (Å²) in [5, 5.41) is 11.6. The van der Waals surface area contributed by atoms with Gasteiger partial charge in [-0.15, -0.1) is 5.10 Å². The minimum absolute atomic E-state index is 0.0613. The van der Waals surface area contributed by atoms with Crippen molar-refractivity contribution in [1.82, 2.24) is 15.2 Å². The highest BCUT2D eigenvalue weighted by Crippen LogP contribution is 2.26. The van der Waals surface area contributed by atoms with Crippen molar-refractivity contribution in [3.8, 4) is 0 Å². The van der Waals surface area contributed by atoms with Gasteiger partial charge in [0, 0.05) is 19.0 Å². The quantitative estimate of drug-likeness (QED) is 0.785. The SMILES string of the molecule is CCOC(=O)c1sc(NC(=O)C2CCN(c3ccc(C)nn3)CC2)nc1C. The van der Waals surface area contributed by atoms with Crippen LogP contribution in [0.1, 0.15) is 40.8 Å². The molecule has 0 atom stereocenters. The van der Waals surface area contributed by atoms with E-state index in [9.17, 15) is 9.59 Å². The summed E-state index contributed by atoms with van der Waals surface area (Å²) in [5.41, 5.74) is 1.45. The van der Waals surface area contributed by atoms with Crippen LogP contribution in [0.2, 0.25) is 0 Å². The summed E-state index contributed by atoms with van der Waals surface area (Å²) in [5.74, 6) is 0.290. The number of carbonyl (C=O) groups excluding carboxylic acids is 2. The molecule has 0 unspecified atom stereocenters. The molecule has 0 aliphatic carbocycles. The number of carbonyl (C=O) groups is 2. The van der Waals surface area contributed by atoms with Gasteiger partial charge in [0.05, 0.1) is 18.0 Å². The van der Waals surface area contributed by atoms with E-state index < -0.39 is 5.97 Å². The molecule has 3 heterocycles. The average molecular weight is 389 g/mol. The summed E-state index contributed by atoms with van der Waals surface area (Å²) in [4.78, 5) is 31.3. The van der Waals surface area contributed by atoms with Crippen LogP contribution in [-0.4, -0.2) is 46.8 Å². The lowest BCUT2D eigenvalue weighted by Crippen LogP contribution is -2.38. The summed E-state index contributed by atoms with van der Waals surface area (Å²) < 4.78 is 5.01. The number of anilines is 2. The number of thiazole rings is 1. The van der Waals surface area contributed by atoms with Gasteiger partial charge in [-0.05, 0) is 45.7 Å². The Morgan fingerprint density at radius 2 is 2.00 bits per heavy atom. The van der Waals surface area contributed by atoms with Gasteiger partial charge in [-0.1, -0.05) is 11.3 Å². The van der Waals surface area contributed by atoms with E-state index in [1.807, 2.05) is 19.1 Å². The van der Waals surface area contributed by atoms with Crippen LogP contribution in [0.5, 0.6) is 0 Å². The van der Waals surface area contributed by atoms with Crippen LogP contribution in [-0.2, 0) is 9.53 Å². The minimum atomic E-state index is -0.402. The van der Waals surface area contributed by atoms with Crippen LogP contribution in [0.4, 0.5) is 10.9 Å². The van der Waals surface area contributed by atoms with Gasteiger partial charge in [-0.25, -0.2) is 9.78 Å². The summed E-state index contributed by atoms with van der Waals surface area (Å²) in [6, 6.07) is 3.89. The standard InChI is InChI=1S/C18H23N5O3S/c1-4-26-17(25)15-12(3)19-18(27-15)20-16(24)13-7-9-23(10-8-13)14-6-5-11(2)21-22-14/h5-6,13H,4,7-10H2,1-3H3,(H,19,20,24). The molecule has 8 nitrogen and oxygen atoms in total. The van der Waals surface area contributed by atoms with Gasteiger partial charge < -0.3 is 15.0 Å². The van der Waals surface area contributed by atoms with Gasteiger partial charge in [0.1, 0.15) is 4.88 Å². The van der Waals surface area contributed by atoms with E-state index in [0.29, 0.717) is 22.3 Å². The van der Waals surface area contributed by atoms with Crippen molar-refractivity contribution >= 4 is 34.2 Å². The number of esters is 1. The molecule has 1 saturated heterocycles. The lowest BCUT2D eigenvalue weighted by atomic mass is 9.96. The van der Waals surface area contributed by atoms with E-state index in [0.717, 1.165) is 48.8 Å². The maximum absolute atomic E-state index is 12.6. The molecule has 1 amide bonds. The Hall–Kier alpha value is -2.55. The zero-order valence-corrected chi connectivity index (χ0v) is 16.5. The highest BCUT2D eigenvalue weighted by molar-refractivity contribution is 7.17. The third-order valence-electron chi connectivity index (χ3n) is 4.46. The monoisotopic (exact) mass is 389 g/mol. The van der Waals surface area contributed by atoms with Crippen LogP contribution in [0.25, 0.3) is 0 Å². The molecule has 1 aliphatic heterocycles. The molecule has 0 aromatic carbocycles. The van der Waals surface area contributed by atoms with E-state index in [1.54, 1.807) is 13.8 Å². The number of piperidine rings is 1. The first-order valence-electron chi connectivity index (χ1n) is 8.98. The molecule has 27 heavy (non-hydrogen) atoms. The van der Waals surface area contributed by atoms with Crippen molar-refractivity contribution < 1.29 is 14.3 Å². The highest BCUT2D eigenvalue weighted by atomic mass is 32.1. The first-order valence-corrected chi connectivity index (χ1v) is 9.80. The predicted molar refractivity (Wildman–Crippen MR) is 103 cm³/mol. The maximum atomic E-state index is 12.6. The topological polar surface area (TPSA) is 97.3 Å². The third-order valence-corrected chi connectivity index (χ3v) is 5.51. The Bertz CT molecular complexity index is 813. The Morgan fingerprint density at radius 3 is 2.63 bits per heavy atom. The largest absolute Gasteiger partial charge is 0.462 e. The number of nitrogens with one attached hydrogen (secondary N) is 1. The molecule has 2 aromatic heterocycles. The first-order chi connectivity index (χ1) is 13.0. The molecule has 9 heteroatoms. The lowest BCUT2D eigenvalue weighted by Gasteiger charge is -2.31. The Kier molecular flexibility index (Phi) is 6.00. The van der Waals surface area contributed by atoms with E-state index in [1.165, 1.54) is 0 Å². The number of ether oxygens (including phenoxy) is 1. The van der Waals surface area contributed by atoms with Crippen molar-refractivity contribution in [2.24, 2.45) is 5.92 Å². The molecule has 144 valence electrons. The zero-order valence-electron chi connectivity index (χ0n) is 15.7. The molecule has 3 rings (SSSR count). The summed E-state index contributed by atoms with van der Waals surface area (Å²) in [7, 11) is 0. The van der Waals surface area contributed by atoms with Crippen LogP contribution in [0.3, 0.4) is 0 Å². The second-order valence-electron chi connectivity index (χ2n) is 6.44. The molecular weight excluding hydrogens is 366 g/mol. The van der Waals surface area contributed by atoms with Gasteiger partial charge in [-0.2, -0.15) is 5.10 Å². The second-order valence-corrected chi connectivity index (χ2v) is 7.44. The highest BCUT2D eigenvalue weighted by Gasteiger charge is 2.27. The first kappa shape index (κ1) is 19.2. The number of hydrogen-bond donors (Lipinski definition) is 1. The van der Waals surface area contributed by atoms with Gasteiger partial charge in [-0.3, -0.25) is 4.79 Å². The van der Waals surface area contributed by atoms with Gasteiger partial charge in [0.2, 0.25) is 5.91 Å². The number of amides is 1. The van der Waals surface area contributed by atoms with Crippen LogP contribution in [0.15, 0.2) is 12.1 Å². The molecule has 1 N–H and O–H groups in total. The van der Waals surface area contributed by atoms with Crippen molar-refractivity contribution in [2.75, 3.05) is 29.9 Å². The predicted octanol–water partition coefficient (Wildman–Crippen LogP) is 2.58. The van der Waals surface area contributed by atoms with Crippen molar-refractivity contribution in [1.29, 1.82) is 0 Å². The van der Waals surface area contributed by atoms with Gasteiger partial charge in [0.15, 0.2) is 10.9 Å². The van der Waals surface area contributed by atoms with Crippen LogP contribution < -0.4 is 10.2 Å². The van der Waals surface area contributed by atoms with Gasteiger partial charge >= 0.3 is 5.97 Å². The Balaban J connectivity index is 1.56. The van der Waals surface area contributed by atoms with Crippen molar-refractivity contribution in [3.05, 3.63) is 28.4 Å². The molecular formula is C18H23N5O3S. The molecule has 2 aromatic rings. The molecule has 0 bridgehead atoms. The average Bonchev–Trinajstić information content (AvgIpc) is 3.03.